The molecule has 0 aliphatic heterocycles. The summed E-state index contributed by atoms with van der Waals surface area (Å²) in [5, 5.41) is 0. The summed E-state index contributed by atoms with van der Waals surface area (Å²) in [5.74, 6) is 2.89. The molecule has 6 aromatic carbocycles. The first kappa shape index (κ1) is 33.8. The molecule has 0 heterocycles. The van der Waals surface area contributed by atoms with Gasteiger partial charge in [0, 0.05) is 40.6 Å². The number of fused-ring (bicyclic) bond motifs is 10. The van der Waals surface area contributed by atoms with Gasteiger partial charge in [-0.15, -0.1) is 12.3 Å². The average molecular weight is 699 g/mol. The summed E-state index contributed by atoms with van der Waals surface area (Å²) in [6, 6.07) is 50.5. The number of nitrogens with zero attached hydrogens (tertiary/aromatic N) is 2. The monoisotopic (exact) mass is 698 g/mol. The molecule has 0 bridgehead atoms. The SMILES string of the molecule is C#CCC/C(=C\C)N(c1cccc(C)c1)c1ccc2c(c1)C1(c3ccccc3-c3ccccc31)c1cc(N(C3=CCCCC3)c3cccc(C)c3)ccc1-2. The van der Waals surface area contributed by atoms with Crippen LogP contribution in [0.25, 0.3) is 22.3 Å². The molecule has 2 nitrogen and oxygen atoms in total. The minimum Gasteiger partial charge on any atom is -0.315 e. The molecule has 54 heavy (non-hydrogen) atoms. The predicted octanol–water partition coefficient (Wildman–Crippen LogP) is 13.7. The number of anilines is 4. The van der Waals surface area contributed by atoms with Crippen LogP contribution < -0.4 is 9.80 Å². The van der Waals surface area contributed by atoms with Crippen LogP contribution >= 0.6 is 0 Å². The number of allylic oxidation sites excluding steroid dienone is 4. The second-order valence-electron chi connectivity index (χ2n) is 15.1. The lowest BCUT2D eigenvalue weighted by Crippen LogP contribution is -2.27. The summed E-state index contributed by atoms with van der Waals surface area (Å²) < 4.78 is 0. The Morgan fingerprint density at radius 1 is 0.630 bits per heavy atom. The molecule has 0 saturated heterocycles. The zero-order chi connectivity index (χ0) is 36.8. The van der Waals surface area contributed by atoms with Gasteiger partial charge in [-0.2, -0.15) is 0 Å². The molecule has 0 saturated carbocycles. The number of rotatable bonds is 8. The van der Waals surface area contributed by atoms with Crippen molar-refractivity contribution in [3.05, 3.63) is 190 Å². The highest BCUT2D eigenvalue weighted by molar-refractivity contribution is 5.97. The Bertz CT molecular complexity index is 2480. The normalized spacial score (nSPS) is 14.8. The number of hydrogen-bond acceptors (Lipinski definition) is 2. The Labute approximate surface area is 321 Å². The van der Waals surface area contributed by atoms with E-state index < -0.39 is 5.41 Å². The molecule has 0 radical (unpaired) electrons. The molecule has 0 N–H and O–H groups in total. The first-order valence-corrected chi connectivity index (χ1v) is 19.5. The third-order valence-electron chi connectivity index (χ3n) is 11.8. The smallest absolute Gasteiger partial charge is 0.0727 e. The first-order chi connectivity index (χ1) is 26.5. The molecule has 9 rings (SSSR count). The number of terminal acetylenes is 1. The second-order valence-corrected chi connectivity index (χ2v) is 15.1. The molecule has 0 fully saturated rings. The van der Waals surface area contributed by atoms with Crippen molar-refractivity contribution < 1.29 is 0 Å². The molecule has 6 aromatic rings. The maximum absolute atomic E-state index is 5.85. The molecule has 0 unspecified atom stereocenters. The Morgan fingerprint density at radius 2 is 1.19 bits per heavy atom. The van der Waals surface area contributed by atoms with Crippen molar-refractivity contribution in [1.82, 2.24) is 0 Å². The number of aryl methyl sites for hydroxylation is 2. The summed E-state index contributed by atoms with van der Waals surface area (Å²) in [6.45, 7) is 6.49. The third-order valence-corrected chi connectivity index (χ3v) is 11.8. The van der Waals surface area contributed by atoms with Crippen molar-refractivity contribution in [3.8, 4) is 34.6 Å². The largest absolute Gasteiger partial charge is 0.315 e. The molecular weight excluding hydrogens is 653 g/mol. The van der Waals surface area contributed by atoms with Gasteiger partial charge in [0.05, 0.1) is 5.41 Å². The second kappa shape index (κ2) is 13.7. The maximum Gasteiger partial charge on any atom is 0.0727 e. The topological polar surface area (TPSA) is 6.48 Å². The van der Waals surface area contributed by atoms with Crippen molar-refractivity contribution in [1.29, 1.82) is 0 Å². The molecule has 264 valence electrons. The van der Waals surface area contributed by atoms with Crippen LogP contribution in [-0.4, -0.2) is 0 Å². The lowest BCUT2D eigenvalue weighted by Gasteiger charge is -2.34. The van der Waals surface area contributed by atoms with Gasteiger partial charge in [-0.25, -0.2) is 0 Å². The van der Waals surface area contributed by atoms with E-state index in [1.54, 1.807) is 0 Å². The lowest BCUT2D eigenvalue weighted by atomic mass is 9.70. The van der Waals surface area contributed by atoms with Gasteiger partial charge in [0.2, 0.25) is 0 Å². The van der Waals surface area contributed by atoms with Crippen LogP contribution in [0.3, 0.4) is 0 Å². The fourth-order valence-electron chi connectivity index (χ4n) is 9.50. The van der Waals surface area contributed by atoms with E-state index in [1.807, 2.05) is 0 Å². The minimum absolute atomic E-state index is 0.490. The first-order valence-electron chi connectivity index (χ1n) is 19.5. The van der Waals surface area contributed by atoms with Crippen LogP contribution in [0.2, 0.25) is 0 Å². The van der Waals surface area contributed by atoms with Gasteiger partial charge in [-0.05, 0) is 157 Å². The van der Waals surface area contributed by atoms with Gasteiger partial charge in [-0.3, -0.25) is 0 Å². The van der Waals surface area contributed by atoms with E-state index in [0.717, 1.165) is 30.6 Å². The lowest BCUT2D eigenvalue weighted by molar-refractivity contribution is 0.690. The van der Waals surface area contributed by atoms with Crippen molar-refractivity contribution in [2.75, 3.05) is 9.80 Å². The quantitative estimate of drug-likeness (QED) is 0.146. The zero-order valence-corrected chi connectivity index (χ0v) is 31.6. The van der Waals surface area contributed by atoms with Crippen LogP contribution in [0.4, 0.5) is 22.7 Å². The standard InChI is InChI=1S/C52H46N2/c1-5-7-19-38(6-2)53(40-22-15-17-36(3)32-40)42-28-30-46-47-31-29-43(54(39-20-9-8-10-21-39)41-23-16-18-37(4)33-41)35-51(47)52(50(46)34-42)48-26-13-11-24-44(48)45-25-12-14-27-49(45)52/h1,6,11-18,20,22-35H,7-10,19,21H2,2-4H3/b38-6+. The van der Waals surface area contributed by atoms with Crippen molar-refractivity contribution in [3.63, 3.8) is 0 Å². The molecule has 0 amide bonds. The summed E-state index contributed by atoms with van der Waals surface area (Å²) in [7, 11) is 0. The van der Waals surface area contributed by atoms with E-state index in [9.17, 15) is 0 Å². The van der Waals surface area contributed by atoms with Gasteiger partial charge >= 0.3 is 0 Å². The van der Waals surface area contributed by atoms with E-state index >= 15 is 0 Å². The predicted molar refractivity (Wildman–Crippen MR) is 228 cm³/mol. The molecule has 1 spiro atoms. The minimum atomic E-state index is -0.490. The van der Waals surface area contributed by atoms with Gasteiger partial charge in [0.25, 0.3) is 0 Å². The van der Waals surface area contributed by atoms with E-state index in [0.29, 0.717) is 6.42 Å². The number of hydrogen-bond donors (Lipinski definition) is 0. The average Bonchev–Trinajstić information content (AvgIpc) is 3.67. The van der Waals surface area contributed by atoms with Crippen molar-refractivity contribution in [2.24, 2.45) is 0 Å². The number of benzene rings is 6. The highest BCUT2D eigenvalue weighted by Crippen LogP contribution is 2.64. The van der Waals surface area contributed by atoms with E-state index in [2.05, 4.69) is 182 Å². The fourth-order valence-corrected chi connectivity index (χ4v) is 9.50. The van der Waals surface area contributed by atoms with Crippen molar-refractivity contribution >= 4 is 22.7 Å². The van der Waals surface area contributed by atoms with Crippen LogP contribution in [0.15, 0.2) is 157 Å². The van der Waals surface area contributed by atoms with E-state index in [-0.39, 0.29) is 0 Å². The van der Waals surface area contributed by atoms with Gasteiger partial charge < -0.3 is 9.80 Å². The third kappa shape index (κ3) is 5.34. The fraction of sp³-hybridized carbons (Fsp3) is 0.192. The highest BCUT2D eigenvalue weighted by atomic mass is 15.2. The summed E-state index contributed by atoms with van der Waals surface area (Å²) in [5.41, 5.74) is 19.9. The Hall–Kier alpha value is -6.04. The highest BCUT2D eigenvalue weighted by Gasteiger charge is 2.52. The maximum atomic E-state index is 5.85. The van der Waals surface area contributed by atoms with Crippen LogP contribution in [0.1, 0.15) is 78.8 Å². The van der Waals surface area contributed by atoms with Crippen LogP contribution in [0.5, 0.6) is 0 Å². The van der Waals surface area contributed by atoms with Gasteiger partial charge in [-0.1, -0.05) is 97.1 Å². The van der Waals surface area contributed by atoms with E-state index in [4.69, 9.17) is 6.42 Å². The summed E-state index contributed by atoms with van der Waals surface area (Å²) in [6.07, 6.45) is 16.7. The van der Waals surface area contributed by atoms with Crippen LogP contribution in [-0.2, 0) is 5.41 Å². The molecule has 0 aromatic heterocycles. The zero-order valence-electron chi connectivity index (χ0n) is 31.6. The molecule has 2 heteroatoms. The molecular formula is C52H46N2. The molecule has 3 aliphatic rings. The Morgan fingerprint density at radius 3 is 1.80 bits per heavy atom. The van der Waals surface area contributed by atoms with Gasteiger partial charge in [0.15, 0.2) is 0 Å². The Balaban J connectivity index is 1.32. The Kier molecular flexibility index (Phi) is 8.59. The summed E-state index contributed by atoms with van der Waals surface area (Å²) in [4.78, 5) is 4.96. The molecule has 3 aliphatic carbocycles. The van der Waals surface area contributed by atoms with Crippen molar-refractivity contribution in [2.45, 2.75) is 64.7 Å². The van der Waals surface area contributed by atoms with Gasteiger partial charge in [0.1, 0.15) is 0 Å². The van der Waals surface area contributed by atoms with Crippen LogP contribution in [0, 0.1) is 26.2 Å². The van der Waals surface area contributed by atoms with E-state index in [1.165, 1.54) is 91.2 Å². The molecule has 0 atom stereocenters. The summed E-state index contributed by atoms with van der Waals surface area (Å²) >= 11 is 0.